The summed E-state index contributed by atoms with van der Waals surface area (Å²) in [5.41, 5.74) is 6.68. The van der Waals surface area contributed by atoms with E-state index < -0.39 is 0 Å². The SMILES string of the molecule is O=CNN(C=O)C1c2ccccc2-c2ccccc21. The lowest BCUT2D eigenvalue weighted by atomic mass is 10.1. The summed E-state index contributed by atoms with van der Waals surface area (Å²) in [7, 11) is 0. The van der Waals surface area contributed by atoms with Gasteiger partial charge in [-0.2, -0.15) is 0 Å². The van der Waals surface area contributed by atoms with Crippen LogP contribution in [0.5, 0.6) is 0 Å². The molecular weight excluding hydrogens is 240 g/mol. The van der Waals surface area contributed by atoms with Crippen molar-refractivity contribution in [1.82, 2.24) is 10.4 Å². The molecule has 2 aromatic carbocycles. The van der Waals surface area contributed by atoms with E-state index >= 15 is 0 Å². The Bertz CT molecular complexity index is 594. The highest BCUT2D eigenvalue weighted by Crippen LogP contribution is 2.45. The van der Waals surface area contributed by atoms with E-state index in [1.54, 1.807) is 0 Å². The Balaban J connectivity index is 2.19. The van der Waals surface area contributed by atoms with Gasteiger partial charge < -0.3 is 0 Å². The molecule has 0 unspecified atom stereocenters. The Morgan fingerprint density at radius 1 is 0.895 bits per heavy atom. The number of fused-ring (bicyclic) bond motifs is 3. The number of amides is 2. The molecule has 0 heterocycles. The van der Waals surface area contributed by atoms with Gasteiger partial charge in [-0.15, -0.1) is 0 Å². The summed E-state index contributed by atoms with van der Waals surface area (Å²) in [4.78, 5) is 21.8. The molecule has 94 valence electrons. The molecule has 3 rings (SSSR count). The largest absolute Gasteiger partial charge is 0.277 e. The van der Waals surface area contributed by atoms with Crippen molar-refractivity contribution in [3.63, 3.8) is 0 Å². The molecular formula is C15H12N2O2. The Labute approximate surface area is 110 Å². The average Bonchev–Trinajstić information content (AvgIpc) is 2.80. The highest BCUT2D eigenvalue weighted by Gasteiger charge is 2.32. The lowest BCUT2D eigenvalue weighted by molar-refractivity contribution is -0.128. The van der Waals surface area contributed by atoms with Crippen molar-refractivity contribution in [2.75, 3.05) is 0 Å². The number of carbonyl (C=O) groups is 2. The monoisotopic (exact) mass is 252 g/mol. The molecule has 0 saturated carbocycles. The highest BCUT2D eigenvalue weighted by molar-refractivity contribution is 5.79. The van der Waals surface area contributed by atoms with Crippen LogP contribution in [0, 0.1) is 0 Å². The van der Waals surface area contributed by atoms with Gasteiger partial charge in [0.2, 0.25) is 12.8 Å². The number of nitrogens with one attached hydrogen (secondary N) is 1. The summed E-state index contributed by atoms with van der Waals surface area (Å²) in [5, 5.41) is 1.29. The van der Waals surface area contributed by atoms with Crippen LogP contribution in [0.4, 0.5) is 0 Å². The van der Waals surface area contributed by atoms with Crippen LogP contribution in [0.3, 0.4) is 0 Å². The van der Waals surface area contributed by atoms with Gasteiger partial charge in [-0.05, 0) is 22.3 Å². The number of hydrazine groups is 1. The number of rotatable bonds is 4. The predicted octanol–water partition coefficient (Wildman–Crippen LogP) is 1.88. The van der Waals surface area contributed by atoms with Crippen LogP contribution < -0.4 is 5.43 Å². The minimum atomic E-state index is -0.268. The van der Waals surface area contributed by atoms with E-state index in [4.69, 9.17) is 0 Å². The van der Waals surface area contributed by atoms with Gasteiger partial charge in [0, 0.05) is 0 Å². The summed E-state index contributed by atoms with van der Waals surface area (Å²) >= 11 is 0. The quantitative estimate of drug-likeness (QED) is 0.667. The maximum absolute atomic E-state index is 11.2. The Kier molecular flexibility index (Phi) is 2.76. The molecule has 0 atom stereocenters. The summed E-state index contributed by atoms with van der Waals surface area (Å²) < 4.78 is 0. The first kappa shape index (κ1) is 11.5. The van der Waals surface area contributed by atoms with E-state index in [-0.39, 0.29) is 6.04 Å². The first-order valence-corrected chi connectivity index (χ1v) is 5.98. The molecule has 2 aromatic rings. The van der Waals surface area contributed by atoms with Gasteiger partial charge in [0.25, 0.3) is 0 Å². The Morgan fingerprint density at radius 2 is 1.42 bits per heavy atom. The van der Waals surface area contributed by atoms with E-state index in [9.17, 15) is 9.59 Å². The summed E-state index contributed by atoms with van der Waals surface area (Å²) in [6, 6.07) is 15.5. The first-order chi connectivity index (χ1) is 9.36. The molecule has 1 aliphatic rings. The fraction of sp³-hybridized carbons (Fsp3) is 0.0667. The molecule has 1 N–H and O–H groups in total. The Hall–Kier alpha value is -2.62. The van der Waals surface area contributed by atoms with E-state index in [0.29, 0.717) is 12.8 Å². The third-order valence-corrected chi connectivity index (χ3v) is 3.39. The minimum Gasteiger partial charge on any atom is -0.277 e. The fourth-order valence-corrected chi connectivity index (χ4v) is 2.66. The molecule has 4 nitrogen and oxygen atoms in total. The standard InChI is InChI=1S/C15H12N2O2/c18-9-16-17(10-19)15-13-7-3-1-5-11(13)12-6-2-4-8-14(12)15/h1-10,15H,(H,16,18). The van der Waals surface area contributed by atoms with Crippen molar-refractivity contribution in [2.24, 2.45) is 0 Å². The fourth-order valence-electron chi connectivity index (χ4n) is 2.66. The van der Waals surface area contributed by atoms with Crippen LogP contribution >= 0.6 is 0 Å². The van der Waals surface area contributed by atoms with Gasteiger partial charge in [-0.1, -0.05) is 48.5 Å². The molecule has 19 heavy (non-hydrogen) atoms. The maximum Gasteiger partial charge on any atom is 0.229 e. The zero-order chi connectivity index (χ0) is 13.2. The average molecular weight is 252 g/mol. The lowest BCUT2D eigenvalue weighted by Crippen LogP contribution is -2.38. The third kappa shape index (κ3) is 1.69. The second kappa shape index (κ2) is 4.57. The second-order valence-corrected chi connectivity index (χ2v) is 4.34. The molecule has 0 saturated heterocycles. The minimum absolute atomic E-state index is 0.268. The number of nitrogens with zero attached hydrogens (tertiary/aromatic N) is 1. The molecule has 0 fully saturated rings. The summed E-state index contributed by atoms with van der Waals surface area (Å²) in [6.07, 6.45) is 1.15. The van der Waals surface area contributed by atoms with Crippen molar-refractivity contribution in [2.45, 2.75) is 6.04 Å². The molecule has 4 heteroatoms. The van der Waals surface area contributed by atoms with Gasteiger partial charge >= 0.3 is 0 Å². The first-order valence-electron chi connectivity index (χ1n) is 5.98. The van der Waals surface area contributed by atoms with Crippen molar-refractivity contribution < 1.29 is 9.59 Å². The number of carbonyl (C=O) groups excluding carboxylic acids is 2. The van der Waals surface area contributed by atoms with Gasteiger partial charge in [-0.25, -0.2) is 5.01 Å². The van der Waals surface area contributed by atoms with Gasteiger partial charge in [0.15, 0.2) is 0 Å². The normalized spacial score (nSPS) is 12.4. The number of hydrogen-bond donors (Lipinski definition) is 1. The molecule has 0 aromatic heterocycles. The topological polar surface area (TPSA) is 49.4 Å². The van der Waals surface area contributed by atoms with Crippen molar-refractivity contribution >= 4 is 12.8 Å². The van der Waals surface area contributed by atoms with Crippen molar-refractivity contribution in [1.29, 1.82) is 0 Å². The summed E-state index contributed by atoms with van der Waals surface area (Å²) in [6.45, 7) is 0. The number of hydrogen-bond acceptors (Lipinski definition) is 2. The van der Waals surface area contributed by atoms with E-state index in [0.717, 1.165) is 22.3 Å². The summed E-state index contributed by atoms with van der Waals surface area (Å²) in [5.74, 6) is 0. The van der Waals surface area contributed by atoms with Crippen LogP contribution in [0.15, 0.2) is 48.5 Å². The lowest BCUT2D eigenvalue weighted by Gasteiger charge is -2.24. The van der Waals surface area contributed by atoms with E-state index in [2.05, 4.69) is 5.43 Å². The highest BCUT2D eigenvalue weighted by atomic mass is 16.2. The van der Waals surface area contributed by atoms with Crippen LogP contribution in [0.2, 0.25) is 0 Å². The molecule has 1 aliphatic carbocycles. The Morgan fingerprint density at radius 3 is 1.89 bits per heavy atom. The predicted molar refractivity (Wildman–Crippen MR) is 70.8 cm³/mol. The van der Waals surface area contributed by atoms with Crippen LogP contribution in [-0.4, -0.2) is 17.8 Å². The zero-order valence-corrected chi connectivity index (χ0v) is 10.1. The third-order valence-electron chi connectivity index (χ3n) is 3.39. The van der Waals surface area contributed by atoms with Gasteiger partial charge in [0.05, 0.1) is 0 Å². The molecule has 0 spiro atoms. The van der Waals surface area contributed by atoms with Crippen molar-refractivity contribution in [3.05, 3.63) is 59.7 Å². The van der Waals surface area contributed by atoms with E-state index in [1.807, 2.05) is 48.5 Å². The zero-order valence-electron chi connectivity index (χ0n) is 10.1. The van der Waals surface area contributed by atoms with Gasteiger partial charge in [-0.3, -0.25) is 15.0 Å². The molecule has 0 aliphatic heterocycles. The van der Waals surface area contributed by atoms with Crippen LogP contribution in [0.1, 0.15) is 17.2 Å². The molecule has 2 amide bonds. The van der Waals surface area contributed by atoms with Crippen LogP contribution in [-0.2, 0) is 9.59 Å². The van der Waals surface area contributed by atoms with Crippen LogP contribution in [0.25, 0.3) is 11.1 Å². The smallest absolute Gasteiger partial charge is 0.229 e. The van der Waals surface area contributed by atoms with Gasteiger partial charge in [0.1, 0.15) is 6.04 Å². The number of benzene rings is 2. The van der Waals surface area contributed by atoms with E-state index in [1.165, 1.54) is 5.01 Å². The molecule has 0 bridgehead atoms. The second-order valence-electron chi connectivity index (χ2n) is 4.34. The van der Waals surface area contributed by atoms with Crippen molar-refractivity contribution in [3.8, 4) is 11.1 Å². The maximum atomic E-state index is 11.2. The molecule has 0 radical (unpaired) electrons.